The van der Waals surface area contributed by atoms with Crippen LogP contribution in [-0.4, -0.2) is 0 Å². The van der Waals surface area contributed by atoms with E-state index >= 15 is 0 Å². The van der Waals surface area contributed by atoms with Gasteiger partial charge in [-0.05, 0) is 19.3 Å². The largest absolute Gasteiger partial charge is 0.102 e. The van der Waals surface area contributed by atoms with Gasteiger partial charge in [0.25, 0.3) is 0 Å². The van der Waals surface area contributed by atoms with Crippen LogP contribution < -0.4 is 0 Å². The summed E-state index contributed by atoms with van der Waals surface area (Å²) in [5.41, 5.74) is 0. The molecule has 0 heteroatoms. The molecule has 1 atom stereocenters. The Kier molecular flexibility index (Phi) is 7.23. The van der Waals surface area contributed by atoms with Crippen LogP contribution in [0.2, 0.25) is 0 Å². The zero-order valence-corrected chi connectivity index (χ0v) is 7.84. The highest BCUT2D eigenvalue weighted by molar-refractivity contribution is 4.95. The summed E-state index contributed by atoms with van der Waals surface area (Å²) in [6.45, 7) is 8.11. The van der Waals surface area contributed by atoms with Crippen LogP contribution in [0.4, 0.5) is 0 Å². The third kappa shape index (κ3) is 5.90. The Morgan fingerprint density at radius 3 is 2.55 bits per heavy atom. The van der Waals surface area contributed by atoms with Crippen LogP contribution in [0.5, 0.6) is 0 Å². The van der Waals surface area contributed by atoms with Crippen LogP contribution in [0, 0.1) is 5.92 Å². The molecule has 0 unspecified atom stereocenters. The van der Waals surface area contributed by atoms with E-state index in [0.29, 0.717) is 5.92 Å². The summed E-state index contributed by atoms with van der Waals surface area (Å²) in [6, 6.07) is 0. The molecule has 0 amide bonds. The van der Waals surface area contributed by atoms with E-state index in [0.717, 1.165) is 0 Å². The predicted molar refractivity (Wildman–Crippen MR) is 52.6 cm³/mol. The van der Waals surface area contributed by atoms with Gasteiger partial charge in [-0.2, -0.15) is 0 Å². The molecule has 0 bridgehead atoms. The van der Waals surface area contributed by atoms with Crippen molar-refractivity contribution >= 4 is 0 Å². The Hall–Kier alpha value is -0.520. The minimum absolute atomic E-state index is 0.603. The molecule has 0 spiro atoms. The second kappa shape index (κ2) is 7.59. The molecule has 0 aliphatic heterocycles. The van der Waals surface area contributed by atoms with Gasteiger partial charge in [-0.25, -0.2) is 0 Å². The van der Waals surface area contributed by atoms with Crippen molar-refractivity contribution < 1.29 is 0 Å². The maximum absolute atomic E-state index is 3.81. The first kappa shape index (κ1) is 10.5. The molecule has 0 aromatic heterocycles. The zero-order chi connectivity index (χ0) is 8.53. The molecule has 0 aliphatic carbocycles. The minimum atomic E-state index is 0.603. The quantitative estimate of drug-likeness (QED) is 0.399. The normalized spacial score (nSPS) is 13.6. The molecule has 11 heavy (non-hydrogen) atoms. The number of hydrogen-bond donors (Lipinski definition) is 0. The monoisotopic (exact) mass is 152 g/mol. The summed E-state index contributed by atoms with van der Waals surface area (Å²) in [5, 5.41) is 0. The molecule has 0 heterocycles. The van der Waals surface area contributed by atoms with Gasteiger partial charge in [0, 0.05) is 0 Å². The van der Waals surface area contributed by atoms with Crippen molar-refractivity contribution in [3.05, 3.63) is 24.8 Å². The highest BCUT2D eigenvalue weighted by Crippen LogP contribution is 2.11. The van der Waals surface area contributed by atoms with Crippen LogP contribution in [0.3, 0.4) is 0 Å². The van der Waals surface area contributed by atoms with E-state index < -0.39 is 0 Å². The van der Waals surface area contributed by atoms with Crippen molar-refractivity contribution in [2.75, 3.05) is 0 Å². The Morgan fingerprint density at radius 2 is 2.09 bits per heavy atom. The Balaban J connectivity index is 3.44. The highest BCUT2D eigenvalue weighted by atomic mass is 14.0. The number of hydrogen-bond acceptors (Lipinski definition) is 0. The highest BCUT2D eigenvalue weighted by Gasteiger charge is 1.96. The SMILES string of the molecule is C=C[C@H](/C=C\C)CCCCC. The maximum atomic E-state index is 3.81. The van der Waals surface area contributed by atoms with E-state index in [1.54, 1.807) is 0 Å². The van der Waals surface area contributed by atoms with Gasteiger partial charge < -0.3 is 0 Å². The Labute approximate surface area is 71.0 Å². The first-order valence-electron chi connectivity index (χ1n) is 4.60. The van der Waals surface area contributed by atoms with Crippen LogP contribution in [0.25, 0.3) is 0 Å². The van der Waals surface area contributed by atoms with Gasteiger partial charge in [0.15, 0.2) is 0 Å². The van der Waals surface area contributed by atoms with Gasteiger partial charge in [-0.3, -0.25) is 0 Å². The van der Waals surface area contributed by atoms with Crippen molar-refractivity contribution in [1.29, 1.82) is 0 Å². The fraction of sp³-hybridized carbons (Fsp3) is 0.636. The summed E-state index contributed by atoms with van der Waals surface area (Å²) < 4.78 is 0. The van der Waals surface area contributed by atoms with Gasteiger partial charge in [-0.15, -0.1) is 6.58 Å². The summed E-state index contributed by atoms with van der Waals surface area (Å²) in [6.07, 6.45) is 11.6. The van der Waals surface area contributed by atoms with Crippen molar-refractivity contribution in [1.82, 2.24) is 0 Å². The first-order valence-corrected chi connectivity index (χ1v) is 4.60. The lowest BCUT2D eigenvalue weighted by Gasteiger charge is -2.05. The Bertz CT molecular complexity index is 111. The molecule has 0 aromatic rings. The van der Waals surface area contributed by atoms with E-state index in [-0.39, 0.29) is 0 Å². The lowest BCUT2D eigenvalue weighted by molar-refractivity contribution is 0.611. The molecular formula is C11H20. The molecule has 0 N–H and O–H groups in total. The van der Waals surface area contributed by atoms with Crippen LogP contribution in [0.1, 0.15) is 39.5 Å². The van der Waals surface area contributed by atoms with Gasteiger partial charge >= 0.3 is 0 Å². The number of unbranched alkanes of at least 4 members (excludes halogenated alkanes) is 2. The second-order valence-electron chi connectivity index (χ2n) is 2.92. The van der Waals surface area contributed by atoms with E-state index in [1.807, 2.05) is 6.08 Å². The van der Waals surface area contributed by atoms with Crippen LogP contribution in [-0.2, 0) is 0 Å². The zero-order valence-electron chi connectivity index (χ0n) is 7.84. The van der Waals surface area contributed by atoms with Crippen LogP contribution >= 0.6 is 0 Å². The molecule has 0 saturated heterocycles. The molecule has 0 fully saturated rings. The third-order valence-corrected chi connectivity index (χ3v) is 1.88. The maximum Gasteiger partial charge on any atom is -0.00563 e. The van der Waals surface area contributed by atoms with Gasteiger partial charge in [0.2, 0.25) is 0 Å². The minimum Gasteiger partial charge on any atom is -0.102 e. The van der Waals surface area contributed by atoms with Crippen molar-refractivity contribution in [2.24, 2.45) is 5.92 Å². The summed E-state index contributed by atoms with van der Waals surface area (Å²) in [4.78, 5) is 0. The lowest BCUT2D eigenvalue weighted by Crippen LogP contribution is -1.90. The summed E-state index contributed by atoms with van der Waals surface area (Å²) >= 11 is 0. The van der Waals surface area contributed by atoms with Gasteiger partial charge in [-0.1, -0.05) is 44.4 Å². The number of allylic oxidation sites excluding steroid dienone is 3. The standard InChI is InChI=1S/C11H20/c1-4-7-8-10-11(6-3)9-5-2/h5-6,9,11H,3-4,7-8,10H2,1-2H3/b9-5-/t11-/m1/s1. The van der Waals surface area contributed by atoms with Crippen molar-refractivity contribution in [3.8, 4) is 0 Å². The first-order chi connectivity index (χ1) is 5.35. The molecular weight excluding hydrogens is 132 g/mol. The summed E-state index contributed by atoms with van der Waals surface area (Å²) in [7, 11) is 0. The molecule has 0 saturated carbocycles. The lowest BCUT2D eigenvalue weighted by atomic mass is 10.0. The predicted octanol–water partition coefficient (Wildman–Crippen LogP) is 3.95. The fourth-order valence-corrected chi connectivity index (χ4v) is 1.17. The Morgan fingerprint density at radius 1 is 1.36 bits per heavy atom. The van der Waals surface area contributed by atoms with E-state index in [4.69, 9.17) is 0 Å². The van der Waals surface area contributed by atoms with Gasteiger partial charge in [0.05, 0.1) is 0 Å². The molecule has 64 valence electrons. The van der Waals surface area contributed by atoms with E-state index in [2.05, 4.69) is 32.6 Å². The molecule has 0 aliphatic rings. The fourth-order valence-electron chi connectivity index (χ4n) is 1.17. The number of rotatable bonds is 6. The molecule has 0 radical (unpaired) electrons. The van der Waals surface area contributed by atoms with E-state index in [1.165, 1.54) is 25.7 Å². The van der Waals surface area contributed by atoms with Crippen LogP contribution in [0.15, 0.2) is 24.8 Å². The third-order valence-electron chi connectivity index (χ3n) is 1.88. The molecule has 0 nitrogen and oxygen atoms in total. The smallest absolute Gasteiger partial charge is 0.00563 e. The summed E-state index contributed by atoms with van der Waals surface area (Å²) in [5.74, 6) is 0.603. The molecule has 0 aromatic carbocycles. The molecule has 0 rings (SSSR count). The van der Waals surface area contributed by atoms with Crippen molar-refractivity contribution in [3.63, 3.8) is 0 Å². The topological polar surface area (TPSA) is 0 Å². The van der Waals surface area contributed by atoms with Gasteiger partial charge in [0.1, 0.15) is 0 Å². The average molecular weight is 152 g/mol. The second-order valence-corrected chi connectivity index (χ2v) is 2.92. The van der Waals surface area contributed by atoms with Crippen molar-refractivity contribution in [2.45, 2.75) is 39.5 Å². The average Bonchev–Trinajstić information content (AvgIpc) is 2.03. The van der Waals surface area contributed by atoms with E-state index in [9.17, 15) is 0 Å².